The molecule has 1 aromatic carbocycles. The molecule has 1 aliphatic heterocycles. The van der Waals surface area contributed by atoms with Crippen LogP contribution in [0.1, 0.15) is 24.2 Å². The number of benzene rings is 1. The summed E-state index contributed by atoms with van der Waals surface area (Å²) >= 11 is 0. The number of allylic oxidation sites excluding steroid dienone is 2. The van der Waals surface area contributed by atoms with Crippen LogP contribution in [0, 0.1) is 5.82 Å². The standard InChI is InChI=1S/C22H27FN4O2/c1-28-20-7-3-4-17(15-20)8-9-26-10-12-27(13-11-26)22-24-21(25-29-22)16-18-5-2-6-19(23)14-18/h2-7,14,20H,8-13,15-16H2,1H3. The zero-order valence-corrected chi connectivity index (χ0v) is 16.8. The average molecular weight is 398 g/mol. The van der Waals surface area contributed by atoms with E-state index >= 15 is 0 Å². The van der Waals surface area contributed by atoms with Gasteiger partial charge in [0.1, 0.15) is 5.82 Å². The van der Waals surface area contributed by atoms with Crippen molar-refractivity contribution >= 4 is 6.01 Å². The van der Waals surface area contributed by atoms with Crippen molar-refractivity contribution < 1.29 is 13.7 Å². The highest BCUT2D eigenvalue weighted by Crippen LogP contribution is 2.20. The Bertz CT molecular complexity index is 871. The fourth-order valence-electron chi connectivity index (χ4n) is 3.80. The predicted molar refractivity (Wildman–Crippen MR) is 109 cm³/mol. The minimum Gasteiger partial charge on any atom is -0.377 e. The predicted octanol–water partition coefficient (Wildman–Crippen LogP) is 3.21. The molecule has 2 aromatic rings. The molecule has 7 heteroatoms. The number of rotatable bonds is 7. The second-order valence-electron chi connectivity index (χ2n) is 7.57. The lowest BCUT2D eigenvalue weighted by Crippen LogP contribution is -2.46. The van der Waals surface area contributed by atoms with Crippen LogP contribution in [-0.2, 0) is 11.2 Å². The van der Waals surface area contributed by atoms with Crippen molar-refractivity contribution in [1.82, 2.24) is 15.0 Å². The molecule has 154 valence electrons. The number of aromatic nitrogens is 2. The fraction of sp³-hybridized carbons (Fsp3) is 0.455. The molecule has 0 amide bonds. The van der Waals surface area contributed by atoms with Crippen molar-refractivity contribution in [2.75, 3.05) is 44.7 Å². The van der Waals surface area contributed by atoms with Crippen molar-refractivity contribution in [3.05, 3.63) is 65.3 Å². The van der Waals surface area contributed by atoms with Crippen molar-refractivity contribution in [1.29, 1.82) is 0 Å². The van der Waals surface area contributed by atoms with Crippen LogP contribution in [0.3, 0.4) is 0 Å². The highest BCUT2D eigenvalue weighted by Gasteiger charge is 2.22. The number of anilines is 1. The van der Waals surface area contributed by atoms with Gasteiger partial charge < -0.3 is 14.2 Å². The monoisotopic (exact) mass is 398 g/mol. The third-order valence-corrected chi connectivity index (χ3v) is 5.52. The molecule has 1 aromatic heterocycles. The molecule has 1 unspecified atom stereocenters. The van der Waals surface area contributed by atoms with Crippen LogP contribution >= 0.6 is 0 Å². The second kappa shape index (κ2) is 9.33. The summed E-state index contributed by atoms with van der Waals surface area (Å²) in [6.45, 7) is 4.72. The number of halogens is 1. The summed E-state index contributed by atoms with van der Waals surface area (Å²) in [4.78, 5) is 9.10. The molecular weight excluding hydrogens is 371 g/mol. The van der Waals surface area contributed by atoms with Gasteiger partial charge in [-0.25, -0.2) is 4.39 Å². The van der Waals surface area contributed by atoms with E-state index in [2.05, 4.69) is 38.2 Å². The molecule has 1 aliphatic carbocycles. The maximum Gasteiger partial charge on any atom is 0.324 e. The summed E-state index contributed by atoms with van der Waals surface area (Å²) in [6.07, 6.45) is 9.16. The third kappa shape index (κ3) is 5.31. The van der Waals surface area contributed by atoms with Gasteiger partial charge >= 0.3 is 6.01 Å². The number of methoxy groups -OCH3 is 1. The SMILES string of the molecule is COC1C=CC=C(CCN2CCN(c3nc(Cc4cccc(F)c4)no3)CC2)C1. The van der Waals surface area contributed by atoms with E-state index in [9.17, 15) is 4.39 Å². The molecule has 1 atom stereocenters. The molecule has 6 nitrogen and oxygen atoms in total. The maximum atomic E-state index is 13.3. The van der Waals surface area contributed by atoms with Crippen LogP contribution in [-0.4, -0.2) is 61.0 Å². The highest BCUT2D eigenvalue weighted by atomic mass is 19.1. The molecular formula is C22H27FN4O2. The van der Waals surface area contributed by atoms with Gasteiger partial charge in [-0.15, -0.1) is 0 Å². The Morgan fingerprint density at radius 2 is 2.10 bits per heavy atom. The molecule has 0 bridgehead atoms. The second-order valence-corrected chi connectivity index (χ2v) is 7.57. The first kappa shape index (κ1) is 19.8. The lowest BCUT2D eigenvalue weighted by Gasteiger charge is -2.33. The van der Waals surface area contributed by atoms with Crippen LogP contribution in [0.4, 0.5) is 10.4 Å². The molecule has 0 spiro atoms. The molecule has 0 N–H and O–H groups in total. The van der Waals surface area contributed by atoms with Crippen LogP contribution in [0.5, 0.6) is 0 Å². The van der Waals surface area contributed by atoms with Gasteiger partial charge in [0.15, 0.2) is 5.82 Å². The Morgan fingerprint density at radius 3 is 2.90 bits per heavy atom. The van der Waals surface area contributed by atoms with Crippen molar-refractivity contribution in [2.45, 2.75) is 25.4 Å². The number of hydrogen-bond donors (Lipinski definition) is 0. The Kier molecular flexibility index (Phi) is 6.36. The van der Waals surface area contributed by atoms with E-state index in [-0.39, 0.29) is 11.9 Å². The number of nitrogens with zero attached hydrogens (tertiary/aromatic N) is 4. The Hall–Kier alpha value is -2.51. The minimum atomic E-state index is -0.250. The first-order valence-corrected chi connectivity index (χ1v) is 10.1. The summed E-state index contributed by atoms with van der Waals surface area (Å²) in [5.74, 6) is 0.332. The zero-order chi connectivity index (χ0) is 20.1. The van der Waals surface area contributed by atoms with E-state index in [0.717, 1.165) is 51.1 Å². The molecule has 1 fully saturated rings. The molecule has 2 aliphatic rings. The quantitative estimate of drug-likeness (QED) is 0.714. The van der Waals surface area contributed by atoms with Gasteiger partial charge in [0.2, 0.25) is 0 Å². The summed E-state index contributed by atoms with van der Waals surface area (Å²) in [6, 6.07) is 7.05. The van der Waals surface area contributed by atoms with Gasteiger partial charge in [0.05, 0.1) is 6.10 Å². The van der Waals surface area contributed by atoms with Crippen molar-refractivity contribution in [3.8, 4) is 0 Å². The van der Waals surface area contributed by atoms with Crippen molar-refractivity contribution in [3.63, 3.8) is 0 Å². The van der Waals surface area contributed by atoms with Crippen LogP contribution in [0.15, 0.2) is 52.6 Å². The Morgan fingerprint density at radius 1 is 1.24 bits per heavy atom. The van der Waals surface area contributed by atoms with Crippen LogP contribution < -0.4 is 4.90 Å². The fourth-order valence-corrected chi connectivity index (χ4v) is 3.80. The largest absolute Gasteiger partial charge is 0.377 e. The Labute approximate surface area is 170 Å². The molecule has 1 saturated heterocycles. The normalized spacial score (nSPS) is 20.1. The van der Waals surface area contributed by atoms with Gasteiger partial charge in [-0.2, -0.15) is 4.98 Å². The summed E-state index contributed by atoms with van der Waals surface area (Å²) < 4.78 is 24.2. The molecule has 2 heterocycles. The maximum absolute atomic E-state index is 13.3. The number of piperazine rings is 1. The van der Waals surface area contributed by atoms with Gasteiger partial charge in [0.25, 0.3) is 0 Å². The summed E-state index contributed by atoms with van der Waals surface area (Å²) in [7, 11) is 1.76. The van der Waals surface area contributed by atoms with Gasteiger partial charge in [-0.1, -0.05) is 41.1 Å². The first-order chi connectivity index (χ1) is 14.2. The molecule has 0 saturated carbocycles. The number of hydrogen-bond acceptors (Lipinski definition) is 6. The van der Waals surface area contributed by atoms with Crippen LogP contribution in [0.25, 0.3) is 0 Å². The topological polar surface area (TPSA) is 54.6 Å². The van der Waals surface area contributed by atoms with E-state index < -0.39 is 0 Å². The van der Waals surface area contributed by atoms with E-state index in [1.807, 2.05) is 6.07 Å². The summed E-state index contributed by atoms with van der Waals surface area (Å²) in [5.41, 5.74) is 2.28. The zero-order valence-electron chi connectivity index (χ0n) is 16.8. The van der Waals surface area contributed by atoms with Gasteiger partial charge in [-0.05, 0) is 30.5 Å². The average Bonchev–Trinajstić information content (AvgIpc) is 3.21. The number of ether oxygens (including phenoxy) is 1. The summed E-state index contributed by atoms with van der Waals surface area (Å²) in [5, 5.41) is 4.06. The van der Waals surface area contributed by atoms with E-state index in [4.69, 9.17) is 9.26 Å². The first-order valence-electron chi connectivity index (χ1n) is 10.1. The van der Waals surface area contributed by atoms with Crippen LogP contribution in [0.2, 0.25) is 0 Å². The minimum absolute atomic E-state index is 0.214. The van der Waals surface area contributed by atoms with E-state index in [1.54, 1.807) is 13.2 Å². The lowest BCUT2D eigenvalue weighted by atomic mass is 9.99. The van der Waals surface area contributed by atoms with Gasteiger partial charge in [0, 0.05) is 46.3 Å². The van der Waals surface area contributed by atoms with Gasteiger partial charge in [-0.3, -0.25) is 4.90 Å². The molecule has 29 heavy (non-hydrogen) atoms. The lowest BCUT2D eigenvalue weighted by molar-refractivity contribution is 0.138. The van der Waals surface area contributed by atoms with E-state index in [1.165, 1.54) is 17.7 Å². The van der Waals surface area contributed by atoms with E-state index in [0.29, 0.717) is 18.3 Å². The molecule has 0 radical (unpaired) electrons. The highest BCUT2D eigenvalue weighted by molar-refractivity contribution is 5.28. The Balaban J connectivity index is 1.24. The molecule has 4 rings (SSSR count). The van der Waals surface area contributed by atoms with Crippen molar-refractivity contribution in [2.24, 2.45) is 0 Å². The smallest absolute Gasteiger partial charge is 0.324 e. The third-order valence-electron chi connectivity index (χ3n) is 5.52.